The maximum atomic E-state index is 14.7. The number of rotatable bonds is 18. The number of benzene rings is 3. The lowest BCUT2D eigenvalue weighted by Crippen LogP contribution is -2.78. The van der Waals surface area contributed by atoms with Gasteiger partial charge in [-0.2, -0.15) is 0 Å². The summed E-state index contributed by atoms with van der Waals surface area (Å²) >= 11 is 0. The van der Waals surface area contributed by atoms with E-state index in [-0.39, 0.29) is 68.5 Å². The molecule has 0 spiro atoms. The van der Waals surface area contributed by atoms with Crippen LogP contribution in [0, 0.1) is 11.8 Å². The lowest BCUT2D eigenvalue weighted by atomic mass is 9.58. The smallest absolute Gasteiger partial charge is 0.336 e. The highest BCUT2D eigenvalue weighted by molar-refractivity contribution is 6.00. The molecule has 3 aromatic carbocycles. The molecule has 2 aliphatic heterocycles. The number of carbonyl (C=O) groups excluding carboxylic acids is 2. The zero-order chi connectivity index (χ0) is 43.1. The van der Waals surface area contributed by atoms with Gasteiger partial charge in [0.05, 0.1) is 19.3 Å². The van der Waals surface area contributed by atoms with Gasteiger partial charge >= 0.3 is 5.97 Å². The molecule has 0 radical (unpaired) electrons. The quantitative estimate of drug-likeness (QED) is 0.0677. The van der Waals surface area contributed by atoms with Crippen LogP contribution in [0.3, 0.4) is 0 Å². The number of hydrogen-bond donors (Lipinski definition) is 8. The number of fused-ring (bicyclic) bond motifs is 1. The zero-order valence-corrected chi connectivity index (χ0v) is 33.5. The van der Waals surface area contributed by atoms with Crippen molar-refractivity contribution in [2.24, 2.45) is 17.6 Å². The number of likely N-dealkylation sites (N-methyl/N-ethyl adjacent to an activating group) is 1. The van der Waals surface area contributed by atoms with Gasteiger partial charge in [-0.1, -0.05) is 48.6 Å². The van der Waals surface area contributed by atoms with Crippen LogP contribution < -0.4 is 15.8 Å². The molecule has 3 aliphatic rings. The van der Waals surface area contributed by atoms with E-state index in [2.05, 4.69) is 5.32 Å². The number of nitrogens with one attached hydrogen (secondary N) is 1. The lowest BCUT2D eigenvalue weighted by molar-refractivity contribution is -0.332. The summed E-state index contributed by atoms with van der Waals surface area (Å²) < 4.78 is 25.2. The second-order valence-electron chi connectivity index (χ2n) is 15.8. The second-order valence-corrected chi connectivity index (χ2v) is 15.8. The van der Waals surface area contributed by atoms with Crippen molar-refractivity contribution < 1.29 is 64.0 Å². The highest BCUT2D eigenvalue weighted by Gasteiger charge is 2.71. The van der Waals surface area contributed by atoms with Crippen LogP contribution >= 0.6 is 0 Å². The molecule has 3 fully saturated rings. The third-order valence-corrected chi connectivity index (χ3v) is 11.9. The molecule has 0 amide bonds. The molecule has 6 rings (SSSR count). The zero-order valence-electron chi connectivity index (χ0n) is 33.5. The summed E-state index contributed by atoms with van der Waals surface area (Å²) in [6.07, 6.45) is 4.01. The molecule has 2 saturated heterocycles. The van der Waals surface area contributed by atoms with Crippen LogP contribution in [0.25, 0.3) is 12.2 Å². The molecular formula is C45H54N2O13. The van der Waals surface area contributed by atoms with Gasteiger partial charge in [-0.05, 0) is 104 Å². The number of aliphatic hydroxyl groups excluding tert-OH is 2. The van der Waals surface area contributed by atoms with E-state index in [1.54, 1.807) is 13.1 Å². The number of aliphatic hydroxyl groups is 2. The Labute approximate surface area is 348 Å². The molecule has 1 aliphatic carbocycles. The van der Waals surface area contributed by atoms with Crippen LogP contribution in [-0.2, 0) is 41.6 Å². The van der Waals surface area contributed by atoms with Crippen LogP contribution in [0.5, 0.6) is 23.0 Å². The molecule has 2 heterocycles. The van der Waals surface area contributed by atoms with Gasteiger partial charge in [0, 0.05) is 25.4 Å². The minimum Gasteiger partial charge on any atom is -0.504 e. The normalized spacial score (nSPS) is 27.7. The molecule has 9 N–H and O–H groups in total. The summed E-state index contributed by atoms with van der Waals surface area (Å²) in [7, 11) is 1.64. The fourth-order valence-electron chi connectivity index (χ4n) is 9.12. The summed E-state index contributed by atoms with van der Waals surface area (Å²) in [6, 6.07) is 16.8. The molecule has 60 heavy (non-hydrogen) atoms. The van der Waals surface area contributed by atoms with Gasteiger partial charge in [-0.15, -0.1) is 0 Å². The molecule has 0 aromatic heterocycles. The Balaban J connectivity index is 1.33. The van der Waals surface area contributed by atoms with Crippen LogP contribution in [0.15, 0.2) is 72.8 Å². The summed E-state index contributed by atoms with van der Waals surface area (Å²) in [4.78, 5) is 41.5. The van der Waals surface area contributed by atoms with Crippen molar-refractivity contribution in [3.05, 3.63) is 95.1 Å². The number of hydrogen-bond acceptors (Lipinski definition) is 14. The summed E-state index contributed by atoms with van der Waals surface area (Å²) in [6.45, 7) is -0.599. The Morgan fingerprint density at radius 1 is 0.983 bits per heavy atom. The number of ether oxygens (including phenoxy) is 4. The number of ketones is 2. The molecule has 15 heteroatoms. The summed E-state index contributed by atoms with van der Waals surface area (Å²) in [5.41, 5.74) is 2.26. The highest BCUT2D eigenvalue weighted by atomic mass is 16.6. The van der Waals surface area contributed by atoms with Gasteiger partial charge in [0.25, 0.3) is 0 Å². The Morgan fingerprint density at radius 3 is 2.45 bits per heavy atom. The summed E-state index contributed by atoms with van der Waals surface area (Å²) in [5.74, 6) is -4.48. The number of carboxylic acid groups (broad SMARTS) is 1. The molecular weight excluding hydrogens is 776 g/mol. The number of aliphatic carboxylic acids is 1. The predicted molar refractivity (Wildman–Crippen MR) is 219 cm³/mol. The van der Waals surface area contributed by atoms with Gasteiger partial charge in [-0.3, -0.25) is 9.59 Å². The Bertz CT molecular complexity index is 2070. The molecule has 15 nitrogen and oxygen atoms in total. The van der Waals surface area contributed by atoms with Crippen molar-refractivity contribution in [3.8, 4) is 23.0 Å². The molecule has 2 bridgehead atoms. The first-order chi connectivity index (χ1) is 28.8. The number of carboxylic acids is 1. The van der Waals surface area contributed by atoms with Crippen LogP contribution in [0.4, 0.5) is 0 Å². The van der Waals surface area contributed by atoms with Crippen molar-refractivity contribution in [2.45, 2.75) is 74.1 Å². The van der Waals surface area contributed by atoms with E-state index in [9.17, 15) is 45.0 Å². The fraction of sp³-hybridized carbons (Fsp3) is 0.444. The van der Waals surface area contributed by atoms with E-state index < -0.39 is 83.6 Å². The van der Waals surface area contributed by atoms with Crippen molar-refractivity contribution >= 4 is 29.7 Å². The third-order valence-electron chi connectivity index (χ3n) is 11.9. The molecule has 7 atom stereocenters. The average molecular weight is 831 g/mol. The lowest BCUT2D eigenvalue weighted by Gasteiger charge is -2.63. The van der Waals surface area contributed by atoms with Gasteiger partial charge in [-0.25, -0.2) is 4.79 Å². The van der Waals surface area contributed by atoms with Crippen molar-refractivity contribution in [1.29, 1.82) is 0 Å². The third kappa shape index (κ3) is 9.27. The van der Waals surface area contributed by atoms with Crippen molar-refractivity contribution in [1.82, 2.24) is 5.32 Å². The van der Waals surface area contributed by atoms with Gasteiger partial charge in [0.2, 0.25) is 0 Å². The van der Waals surface area contributed by atoms with Gasteiger partial charge in [0.1, 0.15) is 30.5 Å². The number of nitrogens with two attached hydrogens (primary N) is 1. The van der Waals surface area contributed by atoms with E-state index in [0.29, 0.717) is 24.0 Å². The van der Waals surface area contributed by atoms with Crippen LogP contribution in [-0.4, -0.2) is 117 Å². The molecule has 3 aromatic rings. The number of carbonyl (C=O) groups is 3. The first-order valence-electron chi connectivity index (χ1n) is 20.1. The highest BCUT2D eigenvalue weighted by Crippen LogP contribution is 2.56. The Kier molecular flexibility index (Phi) is 14.1. The molecule has 322 valence electrons. The van der Waals surface area contributed by atoms with Gasteiger partial charge in [0.15, 0.2) is 40.2 Å². The maximum Gasteiger partial charge on any atom is 0.336 e. The Hall–Kier alpha value is -5.13. The SMILES string of the molecule is CNCC12OC3(C(=O)C=Cc4cc(O)c(O)cc4CO)CCC1C(OCC(=O)C=Cc1ccc(OCCN)c(O)c1)(C(=O)O)CC(O)C2OCC(CCc1ccccc1)C3. The number of phenolic OH excluding ortho intramolecular Hbond substituents is 3. The Morgan fingerprint density at radius 2 is 1.75 bits per heavy atom. The predicted octanol–water partition coefficient (Wildman–Crippen LogP) is 3.26. The first kappa shape index (κ1) is 44.4. The maximum absolute atomic E-state index is 14.7. The number of aryl methyl sites for hydroxylation is 1. The fourth-order valence-corrected chi connectivity index (χ4v) is 9.12. The minimum atomic E-state index is -2.14. The van der Waals surface area contributed by atoms with E-state index in [4.69, 9.17) is 24.7 Å². The van der Waals surface area contributed by atoms with Crippen molar-refractivity contribution in [2.75, 3.05) is 40.0 Å². The van der Waals surface area contributed by atoms with E-state index in [0.717, 1.165) is 5.56 Å². The standard InChI is InChI=1S/C45H54N2O13/c1-47-27-45-39-15-16-43(60-45,40(54)14-11-31-20-34(50)35(51)21-32(31)24-48)22-30(8-7-28-5-3-2-4-6-28)25-58-41(45)37(53)23-44(39,42(55)56)59-26-33(49)12-9-29-10-13-38(36(52)19-29)57-18-17-46/h2-6,9-14,19-21,30,37,39,41,47-48,50-53H,7-8,15-18,22-27,46H2,1H3,(H,55,56). The average Bonchev–Trinajstić information content (AvgIpc) is 3.23. The number of aromatic hydroxyl groups is 3. The second kappa shape index (κ2) is 19.1. The molecule has 7 unspecified atom stereocenters. The van der Waals surface area contributed by atoms with Crippen LogP contribution in [0.2, 0.25) is 0 Å². The largest absolute Gasteiger partial charge is 0.504 e. The van der Waals surface area contributed by atoms with E-state index in [1.165, 1.54) is 48.6 Å². The number of phenols is 3. The monoisotopic (exact) mass is 830 g/mol. The van der Waals surface area contributed by atoms with Crippen molar-refractivity contribution in [3.63, 3.8) is 0 Å². The summed E-state index contributed by atoms with van der Waals surface area (Å²) in [5, 5.41) is 66.5. The van der Waals surface area contributed by atoms with E-state index in [1.807, 2.05) is 30.3 Å². The van der Waals surface area contributed by atoms with E-state index >= 15 is 0 Å². The topological polar surface area (TPSA) is 248 Å². The van der Waals surface area contributed by atoms with Gasteiger partial charge < -0.3 is 60.6 Å². The first-order valence-corrected chi connectivity index (χ1v) is 20.1. The minimum absolute atomic E-state index is 0.0476. The molecule has 1 saturated carbocycles. The van der Waals surface area contributed by atoms with Crippen LogP contribution in [0.1, 0.15) is 54.4 Å².